The van der Waals surface area contributed by atoms with E-state index in [4.69, 9.17) is 0 Å². The number of anilines is 1. The van der Waals surface area contributed by atoms with Crippen molar-refractivity contribution in [2.24, 2.45) is 0 Å². The lowest BCUT2D eigenvalue weighted by molar-refractivity contribution is -0.113. The van der Waals surface area contributed by atoms with Gasteiger partial charge in [0, 0.05) is 17.3 Å². The number of rotatable bonds is 4. The van der Waals surface area contributed by atoms with E-state index in [1.807, 2.05) is 25.3 Å². The van der Waals surface area contributed by atoms with Gasteiger partial charge in [-0.2, -0.15) is 0 Å². The predicted octanol–water partition coefficient (Wildman–Crippen LogP) is 2.28. The first-order chi connectivity index (χ1) is 8.63. The summed E-state index contributed by atoms with van der Waals surface area (Å²) < 4.78 is 0. The van der Waals surface area contributed by atoms with Gasteiger partial charge in [-0.1, -0.05) is 11.8 Å². The van der Waals surface area contributed by atoms with Crippen LogP contribution in [0.15, 0.2) is 22.7 Å². The van der Waals surface area contributed by atoms with E-state index in [0.717, 1.165) is 16.5 Å². The van der Waals surface area contributed by atoms with Crippen LogP contribution < -0.4 is 5.32 Å². The van der Waals surface area contributed by atoms with Crippen molar-refractivity contribution >= 4 is 34.1 Å². The molecule has 0 unspecified atom stereocenters. The van der Waals surface area contributed by atoms with Crippen molar-refractivity contribution in [3.05, 3.63) is 29.2 Å². The van der Waals surface area contributed by atoms with Crippen LogP contribution in [0.2, 0.25) is 0 Å². The fourth-order valence-electron chi connectivity index (χ4n) is 1.34. The number of aryl methyl sites for hydroxylation is 2. The van der Waals surface area contributed by atoms with Gasteiger partial charge in [0.15, 0.2) is 5.13 Å². The lowest BCUT2D eigenvalue weighted by atomic mass is 10.4. The first-order valence-corrected chi connectivity index (χ1v) is 7.14. The number of carbonyl (C=O) groups excluding carboxylic acids is 1. The number of hydrogen-bond acceptors (Lipinski definition) is 6. The van der Waals surface area contributed by atoms with Crippen LogP contribution in [0.5, 0.6) is 0 Å². The van der Waals surface area contributed by atoms with Gasteiger partial charge in [0.2, 0.25) is 5.91 Å². The lowest BCUT2D eigenvalue weighted by Gasteiger charge is -2.03. The first-order valence-electron chi connectivity index (χ1n) is 5.28. The second kappa shape index (κ2) is 5.92. The number of hydrogen-bond donors (Lipinski definition) is 1. The van der Waals surface area contributed by atoms with Crippen LogP contribution in [0.4, 0.5) is 5.13 Å². The molecule has 2 rings (SSSR count). The van der Waals surface area contributed by atoms with E-state index < -0.39 is 0 Å². The molecule has 0 saturated carbocycles. The lowest BCUT2D eigenvalue weighted by Crippen LogP contribution is -2.13. The molecule has 0 aromatic carbocycles. The van der Waals surface area contributed by atoms with Gasteiger partial charge in [-0.25, -0.2) is 15.0 Å². The normalized spacial score (nSPS) is 10.3. The molecular weight excluding hydrogens is 268 g/mol. The van der Waals surface area contributed by atoms with E-state index in [9.17, 15) is 4.79 Å². The largest absolute Gasteiger partial charge is 0.301 e. The molecule has 2 heterocycles. The standard InChI is InChI=1S/C11H12N4OS2/c1-7-5-10(14-8(2)13-7)18-6-9(16)15-11-12-3-4-17-11/h3-5H,6H2,1-2H3,(H,12,15,16). The van der Waals surface area contributed by atoms with Crippen molar-refractivity contribution in [1.82, 2.24) is 15.0 Å². The van der Waals surface area contributed by atoms with E-state index in [1.165, 1.54) is 23.1 Å². The second-order valence-corrected chi connectivity index (χ2v) is 5.46. The topological polar surface area (TPSA) is 67.8 Å². The molecule has 1 N–H and O–H groups in total. The molecule has 2 aromatic rings. The SMILES string of the molecule is Cc1cc(SCC(=O)Nc2nccs2)nc(C)n1. The van der Waals surface area contributed by atoms with Crippen LogP contribution in [0.3, 0.4) is 0 Å². The molecule has 0 radical (unpaired) electrons. The summed E-state index contributed by atoms with van der Waals surface area (Å²) in [5.74, 6) is 0.955. The number of amides is 1. The third kappa shape index (κ3) is 3.78. The van der Waals surface area contributed by atoms with Crippen molar-refractivity contribution in [2.75, 3.05) is 11.1 Å². The average molecular weight is 280 g/mol. The molecule has 94 valence electrons. The average Bonchev–Trinajstić information content (AvgIpc) is 2.78. The highest BCUT2D eigenvalue weighted by Gasteiger charge is 2.06. The summed E-state index contributed by atoms with van der Waals surface area (Å²) in [5.41, 5.74) is 0.908. The third-order valence-electron chi connectivity index (χ3n) is 1.97. The van der Waals surface area contributed by atoms with Gasteiger partial charge in [-0.3, -0.25) is 4.79 Å². The molecule has 5 nitrogen and oxygen atoms in total. The van der Waals surface area contributed by atoms with Gasteiger partial charge in [-0.15, -0.1) is 11.3 Å². The highest BCUT2D eigenvalue weighted by molar-refractivity contribution is 7.99. The Labute approximate surface area is 113 Å². The molecular formula is C11H12N4OS2. The van der Waals surface area contributed by atoms with Gasteiger partial charge in [0.25, 0.3) is 0 Å². The summed E-state index contributed by atoms with van der Waals surface area (Å²) in [4.78, 5) is 24.1. The smallest absolute Gasteiger partial charge is 0.236 e. The molecule has 0 aliphatic heterocycles. The van der Waals surface area contributed by atoms with E-state index >= 15 is 0 Å². The summed E-state index contributed by atoms with van der Waals surface area (Å²) in [5, 5.41) is 5.98. The zero-order chi connectivity index (χ0) is 13.0. The van der Waals surface area contributed by atoms with Gasteiger partial charge in [0.05, 0.1) is 5.75 Å². The predicted molar refractivity (Wildman–Crippen MR) is 73.0 cm³/mol. The Morgan fingerprint density at radius 3 is 2.94 bits per heavy atom. The Kier molecular flexibility index (Phi) is 4.27. The number of carbonyl (C=O) groups is 1. The van der Waals surface area contributed by atoms with Crippen LogP contribution in [0, 0.1) is 13.8 Å². The van der Waals surface area contributed by atoms with Crippen LogP contribution in [-0.2, 0) is 4.79 Å². The minimum Gasteiger partial charge on any atom is -0.301 e. The molecule has 18 heavy (non-hydrogen) atoms. The maximum absolute atomic E-state index is 11.6. The van der Waals surface area contributed by atoms with Crippen LogP contribution in [0.1, 0.15) is 11.5 Å². The molecule has 7 heteroatoms. The number of thioether (sulfide) groups is 1. The van der Waals surface area contributed by atoms with Crippen molar-refractivity contribution in [3.63, 3.8) is 0 Å². The van der Waals surface area contributed by atoms with E-state index in [2.05, 4.69) is 20.3 Å². The molecule has 0 aliphatic carbocycles. The number of thiazole rings is 1. The molecule has 0 bridgehead atoms. The van der Waals surface area contributed by atoms with Crippen molar-refractivity contribution in [1.29, 1.82) is 0 Å². The molecule has 0 atom stereocenters. The van der Waals surface area contributed by atoms with Gasteiger partial charge < -0.3 is 5.32 Å². The molecule has 0 saturated heterocycles. The zero-order valence-corrected chi connectivity index (χ0v) is 11.6. The highest BCUT2D eigenvalue weighted by atomic mass is 32.2. The number of nitrogens with zero attached hydrogens (tertiary/aromatic N) is 3. The quantitative estimate of drug-likeness (QED) is 0.687. The fraction of sp³-hybridized carbons (Fsp3) is 0.273. The Balaban J connectivity index is 1.89. The van der Waals surface area contributed by atoms with Crippen LogP contribution >= 0.6 is 23.1 Å². The van der Waals surface area contributed by atoms with E-state index in [-0.39, 0.29) is 5.91 Å². The molecule has 0 fully saturated rings. The highest BCUT2D eigenvalue weighted by Crippen LogP contribution is 2.17. The second-order valence-electron chi connectivity index (χ2n) is 3.57. The number of nitrogens with one attached hydrogen (secondary N) is 1. The van der Waals surface area contributed by atoms with Gasteiger partial charge in [-0.05, 0) is 19.9 Å². The first kappa shape index (κ1) is 13.0. The number of aromatic nitrogens is 3. The van der Waals surface area contributed by atoms with E-state index in [0.29, 0.717) is 10.9 Å². The Bertz CT molecular complexity index is 522. The summed E-state index contributed by atoms with van der Waals surface area (Å²) >= 11 is 2.79. The van der Waals surface area contributed by atoms with Crippen molar-refractivity contribution < 1.29 is 4.79 Å². The molecule has 2 aromatic heterocycles. The summed E-state index contributed by atoms with van der Waals surface area (Å²) in [6, 6.07) is 1.87. The Hall–Kier alpha value is -1.47. The van der Waals surface area contributed by atoms with E-state index in [1.54, 1.807) is 6.20 Å². The summed E-state index contributed by atoms with van der Waals surface area (Å²) in [6.07, 6.45) is 1.66. The Morgan fingerprint density at radius 2 is 2.28 bits per heavy atom. The fourth-order valence-corrected chi connectivity index (χ4v) is 2.68. The zero-order valence-electron chi connectivity index (χ0n) is 10.0. The van der Waals surface area contributed by atoms with Gasteiger partial charge in [0.1, 0.15) is 10.9 Å². The monoisotopic (exact) mass is 280 g/mol. The maximum Gasteiger partial charge on any atom is 0.236 e. The molecule has 0 aliphatic rings. The van der Waals surface area contributed by atoms with Crippen LogP contribution in [-0.4, -0.2) is 26.6 Å². The minimum atomic E-state index is -0.0798. The minimum absolute atomic E-state index is 0.0798. The summed E-state index contributed by atoms with van der Waals surface area (Å²) in [7, 11) is 0. The van der Waals surface area contributed by atoms with Crippen molar-refractivity contribution in [3.8, 4) is 0 Å². The van der Waals surface area contributed by atoms with Crippen molar-refractivity contribution in [2.45, 2.75) is 18.9 Å². The summed E-state index contributed by atoms with van der Waals surface area (Å²) in [6.45, 7) is 3.75. The van der Waals surface area contributed by atoms with Gasteiger partial charge >= 0.3 is 0 Å². The van der Waals surface area contributed by atoms with Crippen LogP contribution in [0.25, 0.3) is 0 Å². The Morgan fingerprint density at radius 1 is 1.44 bits per heavy atom. The molecule has 1 amide bonds. The maximum atomic E-state index is 11.6. The molecule has 0 spiro atoms. The third-order valence-corrected chi connectivity index (χ3v) is 3.57.